The molecule has 1 aromatic rings. The summed E-state index contributed by atoms with van der Waals surface area (Å²) in [6.07, 6.45) is -0.104. The number of benzene rings is 1. The highest BCUT2D eigenvalue weighted by atomic mass is 32.2. The molecular weight excluding hydrogens is 295 g/mol. The minimum atomic E-state index is -3.46. The predicted molar refractivity (Wildman–Crippen MR) is 77.8 cm³/mol. The number of hydrogen-bond donors (Lipinski definition) is 1. The van der Waals surface area contributed by atoms with Gasteiger partial charge >= 0.3 is 0 Å². The molecule has 5 nitrogen and oxygen atoms in total. The SMILES string of the molecule is CCS(=O)(=O)N1CCC(F)(C(=O)NCc2ccccc2)C1. The molecule has 0 aromatic heterocycles. The van der Waals surface area contributed by atoms with E-state index in [1.54, 1.807) is 0 Å². The summed E-state index contributed by atoms with van der Waals surface area (Å²) in [4.78, 5) is 12.0. The van der Waals surface area contributed by atoms with Gasteiger partial charge in [0.15, 0.2) is 0 Å². The molecule has 7 heteroatoms. The fourth-order valence-electron chi connectivity index (χ4n) is 2.28. The number of hydrogen-bond acceptors (Lipinski definition) is 3. The standard InChI is InChI=1S/C14H19FN2O3S/c1-2-21(19,20)17-9-8-14(15,11-17)13(18)16-10-12-6-4-3-5-7-12/h3-7H,2,8-11H2,1H3,(H,16,18). The van der Waals surface area contributed by atoms with Crippen LogP contribution < -0.4 is 5.32 Å². The Bertz CT molecular complexity index is 606. The van der Waals surface area contributed by atoms with Crippen molar-refractivity contribution in [3.63, 3.8) is 0 Å². The summed E-state index contributed by atoms with van der Waals surface area (Å²) in [6.45, 7) is 1.38. The second-order valence-electron chi connectivity index (χ2n) is 5.12. The van der Waals surface area contributed by atoms with Gasteiger partial charge in [0.2, 0.25) is 15.7 Å². The Balaban J connectivity index is 1.97. The number of carbonyl (C=O) groups is 1. The van der Waals surface area contributed by atoms with Gasteiger partial charge in [-0.05, 0) is 12.5 Å². The Kier molecular flexibility index (Phi) is 4.63. The van der Waals surface area contributed by atoms with Crippen molar-refractivity contribution in [3.8, 4) is 0 Å². The molecule has 0 bridgehead atoms. The Labute approximate surface area is 124 Å². The highest BCUT2D eigenvalue weighted by molar-refractivity contribution is 7.89. The van der Waals surface area contributed by atoms with E-state index in [0.717, 1.165) is 9.87 Å². The number of amides is 1. The van der Waals surface area contributed by atoms with Crippen molar-refractivity contribution in [2.75, 3.05) is 18.8 Å². The van der Waals surface area contributed by atoms with E-state index in [2.05, 4.69) is 5.32 Å². The van der Waals surface area contributed by atoms with Gasteiger partial charge in [-0.25, -0.2) is 12.8 Å². The van der Waals surface area contributed by atoms with Crippen molar-refractivity contribution in [1.29, 1.82) is 0 Å². The van der Waals surface area contributed by atoms with Gasteiger partial charge in [0, 0.05) is 19.5 Å². The molecule has 1 fully saturated rings. The first-order chi connectivity index (χ1) is 9.87. The average molecular weight is 314 g/mol. The lowest BCUT2D eigenvalue weighted by Crippen LogP contribution is -2.46. The van der Waals surface area contributed by atoms with Crippen LogP contribution in [0.4, 0.5) is 4.39 Å². The van der Waals surface area contributed by atoms with E-state index in [-0.39, 0.29) is 25.3 Å². The van der Waals surface area contributed by atoms with Crippen LogP contribution in [0, 0.1) is 0 Å². The largest absolute Gasteiger partial charge is 0.349 e. The molecule has 2 rings (SSSR count). The summed E-state index contributed by atoms with van der Waals surface area (Å²) < 4.78 is 39.1. The number of nitrogens with zero attached hydrogens (tertiary/aromatic N) is 1. The number of carbonyl (C=O) groups excluding carboxylic acids is 1. The summed E-state index contributed by atoms with van der Waals surface area (Å²) in [5.41, 5.74) is -1.28. The first-order valence-corrected chi connectivity index (χ1v) is 8.47. The molecule has 1 aromatic carbocycles. The lowest BCUT2D eigenvalue weighted by molar-refractivity contribution is -0.132. The molecule has 1 unspecified atom stereocenters. The molecule has 1 heterocycles. The molecule has 1 amide bonds. The van der Waals surface area contributed by atoms with Crippen molar-refractivity contribution in [2.24, 2.45) is 0 Å². The Hall–Kier alpha value is -1.47. The minimum absolute atomic E-state index is 0.0471. The van der Waals surface area contributed by atoms with Gasteiger partial charge in [-0.3, -0.25) is 4.79 Å². The molecule has 0 aliphatic carbocycles. The van der Waals surface area contributed by atoms with Crippen LogP contribution in [0.3, 0.4) is 0 Å². The van der Waals surface area contributed by atoms with Crippen LogP contribution in [0.25, 0.3) is 0 Å². The van der Waals surface area contributed by atoms with Gasteiger partial charge < -0.3 is 5.32 Å². The van der Waals surface area contributed by atoms with Crippen molar-refractivity contribution >= 4 is 15.9 Å². The molecule has 1 aliphatic heterocycles. The average Bonchev–Trinajstić information content (AvgIpc) is 2.90. The van der Waals surface area contributed by atoms with Gasteiger partial charge in [0.05, 0.1) is 12.3 Å². The van der Waals surface area contributed by atoms with Gasteiger partial charge in [-0.15, -0.1) is 0 Å². The fraction of sp³-hybridized carbons (Fsp3) is 0.500. The highest BCUT2D eigenvalue weighted by Crippen LogP contribution is 2.28. The second kappa shape index (κ2) is 6.11. The lowest BCUT2D eigenvalue weighted by Gasteiger charge is -2.20. The molecule has 1 atom stereocenters. The zero-order valence-electron chi connectivity index (χ0n) is 11.9. The molecule has 1 N–H and O–H groups in total. The van der Waals surface area contributed by atoms with E-state index in [1.807, 2.05) is 30.3 Å². The van der Waals surface area contributed by atoms with E-state index in [4.69, 9.17) is 0 Å². The Morgan fingerprint density at radius 1 is 1.38 bits per heavy atom. The maximum absolute atomic E-state index is 14.6. The number of sulfonamides is 1. The number of halogens is 1. The van der Waals surface area contributed by atoms with Gasteiger partial charge in [0.1, 0.15) is 0 Å². The van der Waals surface area contributed by atoms with E-state index < -0.39 is 28.1 Å². The van der Waals surface area contributed by atoms with Crippen LogP contribution in [0.15, 0.2) is 30.3 Å². The van der Waals surface area contributed by atoms with E-state index >= 15 is 0 Å². The minimum Gasteiger partial charge on any atom is -0.349 e. The zero-order valence-corrected chi connectivity index (χ0v) is 12.7. The van der Waals surface area contributed by atoms with Crippen molar-refractivity contribution in [1.82, 2.24) is 9.62 Å². The van der Waals surface area contributed by atoms with Crippen LogP contribution in [-0.2, 0) is 21.4 Å². The molecule has 1 saturated heterocycles. The fourth-order valence-corrected chi connectivity index (χ4v) is 3.42. The molecule has 1 aliphatic rings. The molecular formula is C14H19FN2O3S. The summed E-state index contributed by atoms with van der Waals surface area (Å²) in [5.74, 6) is -0.838. The third kappa shape index (κ3) is 3.59. The molecule has 21 heavy (non-hydrogen) atoms. The number of nitrogens with one attached hydrogen (secondary N) is 1. The summed E-state index contributed by atoms with van der Waals surface area (Å²) in [7, 11) is -3.46. The molecule has 116 valence electrons. The van der Waals surface area contributed by atoms with Gasteiger partial charge in [-0.1, -0.05) is 30.3 Å². The maximum Gasteiger partial charge on any atom is 0.259 e. The predicted octanol–water partition coefficient (Wildman–Crippen LogP) is 1.07. The van der Waals surface area contributed by atoms with Crippen molar-refractivity contribution in [2.45, 2.75) is 25.6 Å². The number of rotatable bonds is 5. The highest BCUT2D eigenvalue weighted by Gasteiger charge is 2.48. The van der Waals surface area contributed by atoms with E-state index in [0.29, 0.717) is 0 Å². The smallest absolute Gasteiger partial charge is 0.259 e. The van der Waals surface area contributed by atoms with Crippen LogP contribution in [0.5, 0.6) is 0 Å². The van der Waals surface area contributed by atoms with Crippen LogP contribution in [0.2, 0.25) is 0 Å². The van der Waals surface area contributed by atoms with Gasteiger partial charge in [-0.2, -0.15) is 4.31 Å². The van der Waals surface area contributed by atoms with Gasteiger partial charge in [0.25, 0.3) is 5.91 Å². The summed E-state index contributed by atoms with van der Waals surface area (Å²) >= 11 is 0. The molecule has 0 saturated carbocycles. The third-order valence-corrected chi connectivity index (χ3v) is 5.47. The third-order valence-electron chi connectivity index (χ3n) is 3.65. The zero-order chi connectivity index (χ0) is 15.5. The Morgan fingerprint density at radius 3 is 2.67 bits per heavy atom. The Morgan fingerprint density at radius 2 is 2.05 bits per heavy atom. The lowest BCUT2D eigenvalue weighted by atomic mass is 10.0. The number of alkyl halides is 1. The van der Waals surface area contributed by atoms with E-state index in [1.165, 1.54) is 6.92 Å². The monoisotopic (exact) mass is 314 g/mol. The van der Waals surface area contributed by atoms with Crippen LogP contribution in [-0.4, -0.2) is 43.1 Å². The normalized spacial score (nSPS) is 23.1. The molecule has 0 spiro atoms. The quantitative estimate of drug-likeness (QED) is 0.884. The summed E-state index contributed by atoms with van der Waals surface area (Å²) in [5, 5.41) is 2.54. The topological polar surface area (TPSA) is 66.5 Å². The van der Waals surface area contributed by atoms with Crippen LogP contribution in [0.1, 0.15) is 18.9 Å². The maximum atomic E-state index is 14.6. The first-order valence-electron chi connectivity index (χ1n) is 6.86. The van der Waals surface area contributed by atoms with Crippen molar-refractivity contribution in [3.05, 3.63) is 35.9 Å². The first kappa shape index (κ1) is 15.9. The van der Waals surface area contributed by atoms with Crippen molar-refractivity contribution < 1.29 is 17.6 Å². The van der Waals surface area contributed by atoms with E-state index in [9.17, 15) is 17.6 Å². The van der Waals surface area contributed by atoms with Crippen LogP contribution >= 0.6 is 0 Å². The second-order valence-corrected chi connectivity index (χ2v) is 7.38. The molecule has 0 radical (unpaired) electrons. The summed E-state index contributed by atoms with van der Waals surface area (Å²) in [6, 6.07) is 9.17.